The van der Waals surface area contributed by atoms with Gasteiger partial charge in [-0.25, -0.2) is 0 Å². The summed E-state index contributed by atoms with van der Waals surface area (Å²) in [7, 11) is 0. The molecule has 0 unspecified atom stereocenters. The molecule has 0 radical (unpaired) electrons. The maximum absolute atomic E-state index is 6.42. The van der Waals surface area contributed by atoms with Crippen LogP contribution in [-0.4, -0.2) is 24.8 Å². The van der Waals surface area contributed by atoms with Crippen molar-refractivity contribution in [2.75, 3.05) is 13.1 Å². The molecule has 0 aromatic heterocycles. The lowest BCUT2D eigenvalue weighted by Crippen LogP contribution is -2.45. The zero-order chi connectivity index (χ0) is 11.3. The van der Waals surface area contributed by atoms with Crippen LogP contribution in [0.1, 0.15) is 64.7 Å². The summed E-state index contributed by atoms with van der Waals surface area (Å²) in [4.78, 5) is 0. The quantitative estimate of drug-likeness (QED) is 0.701. The van der Waals surface area contributed by atoms with Gasteiger partial charge in [0.2, 0.25) is 0 Å². The van der Waals surface area contributed by atoms with Gasteiger partial charge in [0.05, 0.1) is 11.7 Å². The van der Waals surface area contributed by atoms with Gasteiger partial charge in [0.25, 0.3) is 0 Å². The fraction of sp³-hybridized carbons (Fsp3) is 1.00. The summed E-state index contributed by atoms with van der Waals surface area (Å²) >= 11 is 0. The van der Waals surface area contributed by atoms with Gasteiger partial charge >= 0.3 is 0 Å². The van der Waals surface area contributed by atoms with E-state index in [0.717, 1.165) is 13.1 Å². The zero-order valence-electron chi connectivity index (χ0n) is 10.8. The molecule has 0 aromatic rings. The minimum absolute atomic E-state index is 0.268. The van der Waals surface area contributed by atoms with Crippen LogP contribution in [0.2, 0.25) is 0 Å². The van der Waals surface area contributed by atoms with Crippen molar-refractivity contribution in [2.45, 2.75) is 76.4 Å². The van der Waals surface area contributed by atoms with E-state index in [1.807, 2.05) is 0 Å². The van der Waals surface area contributed by atoms with Crippen LogP contribution in [0.3, 0.4) is 0 Å². The van der Waals surface area contributed by atoms with Gasteiger partial charge < -0.3 is 10.1 Å². The van der Waals surface area contributed by atoms with Gasteiger partial charge in [0.1, 0.15) is 0 Å². The molecule has 2 heteroatoms. The summed E-state index contributed by atoms with van der Waals surface area (Å²) in [6.45, 7) is 4.39. The van der Waals surface area contributed by atoms with E-state index in [2.05, 4.69) is 12.2 Å². The summed E-state index contributed by atoms with van der Waals surface area (Å²) in [6.07, 6.45) is 12.6. The van der Waals surface area contributed by atoms with Gasteiger partial charge in [0, 0.05) is 0 Å². The Hall–Kier alpha value is -0.0800. The molecule has 0 atom stereocenters. The maximum Gasteiger partial charge on any atom is 0.0698 e. The largest absolute Gasteiger partial charge is 0.372 e. The SMILES string of the molecule is CCNCCC1(OC2CCCCC2)CCC1. The summed E-state index contributed by atoms with van der Waals surface area (Å²) in [5, 5.41) is 3.43. The fourth-order valence-electron chi connectivity index (χ4n) is 3.03. The third-order valence-corrected chi connectivity index (χ3v) is 4.24. The predicted octanol–water partition coefficient (Wildman–Crippen LogP) is 3.26. The number of hydrogen-bond acceptors (Lipinski definition) is 2. The van der Waals surface area contributed by atoms with Gasteiger partial charge in [-0.3, -0.25) is 0 Å². The van der Waals surface area contributed by atoms with Crippen molar-refractivity contribution in [3.05, 3.63) is 0 Å². The van der Waals surface area contributed by atoms with Crippen LogP contribution in [0.15, 0.2) is 0 Å². The number of nitrogens with one attached hydrogen (secondary N) is 1. The Kier molecular flexibility index (Phi) is 4.66. The number of rotatable bonds is 6. The topological polar surface area (TPSA) is 21.3 Å². The van der Waals surface area contributed by atoms with Crippen molar-refractivity contribution >= 4 is 0 Å². The Morgan fingerprint density at radius 3 is 2.44 bits per heavy atom. The molecule has 94 valence electrons. The van der Waals surface area contributed by atoms with Gasteiger partial charge in [-0.2, -0.15) is 0 Å². The van der Waals surface area contributed by atoms with Crippen LogP contribution in [0, 0.1) is 0 Å². The Morgan fingerprint density at radius 2 is 1.88 bits per heavy atom. The number of hydrogen-bond donors (Lipinski definition) is 1. The Labute approximate surface area is 100 Å². The van der Waals surface area contributed by atoms with Crippen LogP contribution < -0.4 is 5.32 Å². The molecule has 0 heterocycles. The van der Waals surface area contributed by atoms with Crippen LogP contribution in [0.5, 0.6) is 0 Å². The van der Waals surface area contributed by atoms with Gasteiger partial charge in [-0.15, -0.1) is 0 Å². The second kappa shape index (κ2) is 6.02. The molecule has 16 heavy (non-hydrogen) atoms. The normalized spacial score (nSPS) is 25.3. The molecule has 0 saturated heterocycles. The van der Waals surface area contributed by atoms with Crippen molar-refractivity contribution in [1.82, 2.24) is 5.32 Å². The second-order valence-electron chi connectivity index (χ2n) is 5.52. The summed E-state index contributed by atoms with van der Waals surface area (Å²) in [6, 6.07) is 0. The molecular formula is C14H27NO. The van der Waals surface area contributed by atoms with Crippen LogP contribution in [-0.2, 0) is 4.74 Å². The van der Waals surface area contributed by atoms with Crippen molar-refractivity contribution in [2.24, 2.45) is 0 Å². The highest BCUT2D eigenvalue weighted by Crippen LogP contribution is 2.41. The molecule has 0 aromatic carbocycles. The van der Waals surface area contributed by atoms with Crippen LogP contribution in [0.4, 0.5) is 0 Å². The fourth-order valence-corrected chi connectivity index (χ4v) is 3.03. The van der Waals surface area contributed by atoms with Crippen LogP contribution >= 0.6 is 0 Å². The molecule has 2 rings (SSSR count). The summed E-state index contributed by atoms with van der Waals surface area (Å²) in [5.41, 5.74) is 0.268. The molecule has 2 aliphatic carbocycles. The van der Waals surface area contributed by atoms with Gasteiger partial charge in [-0.1, -0.05) is 26.2 Å². The first kappa shape index (κ1) is 12.4. The number of ether oxygens (including phenoxy) is 1. The van der Waals surface area contributed by atoms with E-state index >= 15 is 0 Å². The lowest BCUT2D eigenvalue weighted by Gasteiger charge is -2.45. The molecule has 0 spiro atoms. The highest BCUT2D eigenvalue weighted by molar-refractivity contribution is 4.91. The third kappa shape index (κ3) is 3.21. The summed E-state index contributed by atoms with van der Waals surface area (Å²) in [5.74, 6) is 0. The second-order valence-corrected chi connectivity index (χ2v) is 5.52. The highest BCUT2D eigenvalue weighted by atomic mass is 16.5. The minimum atomic E-state index is 0.268. The van der Waals surface area contributed by atoms with Crippen molar-refractivity contribution < 1.29 is 4.74 Å². The average Bonchev–Trinajstić information content (AvgIpc) is 2.27. The molecule has 0 amide bonds. The minimum Gasteiger partial charge on any atom is -0.372 e. The molecule has 2 aliphatic rings. The first-order chi connectivity index (χ1) is 7.85. The highest BCUT2D eigenvalue weighted by Gasteiger charge is 2.39. The monoisotopic (exact) mass is 225 g/mol. The van der Waals surface area contributed by atoms with E-state index in [1.54, 1.807) is 0 Å². The van der Waals surface area contributed by atoms with Crippen LogP contribution in [0.25, 0.3) is 0 Å². The third-order valence-electron chi connectivity index (χ3n) is 4.24. The molecule has 2 nitrogen and oxygen atoms in total. The molecule has 2 fully saturated rings. The van der Waals surface area contributed by atoms with Gasteiger partial charge in [0.15, 0.2) is 0 Å². The molecular weight excluding hydrogens is 198 g/mol. The molecule has 1 N–H and O–H groups in total. The van der Waals surface area contributed by atoms with E-state index in [0.29, 0.717) is 6.10 Å². The van der Waals surface area contributed by atoms with Crippen molar-refractivity contribution in [3.8, 4) is 0 Å². The summed E-state index contributed by atoms with van der Waals surface area (Å²) < 4.78 is 6.42. The van der Waals surface area contributed by atoms with E-state index < -0.39 is 0 Å². The van der Waals surface area contributed by atoms with E-state index in [4.69, 9.17) is 4.74 Å². The van der Waals surface area contributed by atoms with Gasteiger partial charge in [-0.05, 0) is 51.6 Å². The molecule has 2 saturated carbocycles. The Bertz CT molecular complexity index is 195. The van der Waals surface area contributed by atoms with Crippen molar-refractivity contribution in [3.63, 3.8) is 0 Å². The Morgan fingerprint density at radius 1 is 1.12 bits per heavy atom. The zero-order valence-corrected chi connectivity index (χ0v) is 10.8. The molecule has 0 bridgehead atoms. The lowest BCUT2D eigenvalue weighted by molar-refractivity contribution is -0.151. The predicted molar refractivity (Wildman–Crippen MR) is 67.7 cm³/mol. The smallest absolute Gasteiger partial charge is 0.0698 e. The first-order valence-corrected chi connectivity index (χ1v) is 7.23. The lowest BCUT2D eigenvalue weighted by atomic mass is 9.77. The maximum atomic E-state index is 6.42. The standard InChI is InChI=1S/C14H27NO/c1-2-15-12-11-14(9-6-10-14)16-13-7-4-3-5-8-13/h13,15H,2-12H2,1H3. The van der Waals surface area contributed by atoms with E-state index in [9.17, 15) is 0 Å². The first-order valence-electron chi connectivity index (χ1n) is 7.23. The van der Waals surface area contributed by atoms with Crippen molar-refractivity contribution in [1.29, 1.82) is 0 Å². The molecule has 0 aliphatic heterocycles. The van der Waals surface area contributed by atoms with E-state index in [-0.39, 0.29) is 5.60 Å². The average molecular weight is 225 g/mol. The van der Waals surface area contributed by atoms with E-state index in [1.165, 1.54) is 57.8 Å². The Balaban J connectivity index is 1.74.